The molecule has 1 aromatic carbocycles. The van der Waals surface area contributed by atoms with Gasteiger partial charge < -0.3 is 15.5 Å². The Labute approximate surface area is 96.5 Å². The smallest absolute Gasteiger partial charge is 0.166 e. The van der Waals surface area contributed by atoms with Gasteiger partial charge in [-0.3, -0.25) is 0 Å². The van der Waals surface area contributed by atoms with E-state index in [0.29, 0.717) is 5.11 Å². The number of benzene rings is 1. The molecule has 2 N–H and O–H groups in total. The SMILES string of the molecule is CNC(=S)NCc1ccc(N(C)C)cc1. The maximum Gasteiger partial charge on any atom is 0.166 e. The standard InChI is InChI=1S/C11H17N3S/c1-12-11(15)13-8-9-4-6-10(7-5-9)14(2)3/h4-7H,8H2,1-3H3,(H2,12,13,15). The van der Waals surface area contributed by atoms with E-state index in [0.717, 1.165) is 6.54 Å². The van der Waals surface area contributed by atoms with Crippen LogP contribution in [0.2, 0.25) is 0 Å². The second kappa shape index (κ2) is 5.56. The molecule has 0 heterocycles. The molecule has 0 unspecified atom stereocenters. The largest absolute Gasteiger partial charge is 0.378 e. The van der Waals surface area contributed by atoms with E-state index >= 15 is 0 Å². The molecule has 4 heteroatoms. The lowest BCUT2D eigenvalue weighted by Crippen LogP contribution is -2.31. The van der Waals surface area contributed by atoms with E-state index in [1.807, 2.05) is 21.1 Å². The molecule has 15 heavy (non-hydrogen) atoms. The van der Waals surface area contributed by atoms with Crippen molar-refractivity contribution >= 4 is 23.0 Å². The van der Waals surface area contributed by atoms with Gasteiger partial charge in [0.15, 0.2) is 5.11 Å². The van der Waals surface area contributed by atoms with Gasteiger partial charge in [0.2, 0.25) is 0 Å². The van der Waals surface area contributed by atoms with Crippen molar-refractivity contribution < 1.29 is 0 Å². The lowest BCUT2D eigenvalue weighted by Gasteiger charge is -2.13. The van der Waals surface area contributed by atoms with Gasteiger partial charge in [-0.05, 0) is 29.9 Å². The van der Waals surface area contributed by atoms with Crippen molar-refractivity contribution in [2.75, 3.05) is 26.0 Å². The minimum Gasteiger partial charge on any atom is -0.378 e. The average molecular weight is 223 g/mol. The maximum absolute atomic E-state index is 4.99. The first-order chi connectivity index (χ1) is 7.13. The second-order valence-electron chi connectivity index (χ2n) is 3.49. The van der Waals surface area contributed by atoms with Gasteiger partial charge in [0.1, 0.15) is 0 Å². The summed E-state index contributed by atoms with van der Waals surface area (Å²) in [6.07, 6.45) is 0. The number of anilines is 1. The summed E-state index contributed by atoms with van der Waals surface area (Å²) < 4.78 is 0. The van der Waals surface area contributed by atoms with E-state index in [-0.39, 0.29) is 0 Å². The second-order valence-corrected chi connectivity index (χ2v) is 3.90. The Bertz CT molecular complexity index is 319. The van der Waals surface area contributed by atoms with Crippen LogP contribution in [0.3, 0.4) is 0 Å². The Hall–Kier alpha value is -1.29. The molecule has 1 aromatic rings. The third-order valence-corrected chi connectivity index (χ3v) is 2.48. The molecule has 0 bridgehead atoms. The summed E-state index contributed by atoms with van der Waals surface area (Å²) in [6, 6.07) is 8.39. The van der Waals surface area contributed by atoms with Crippen LogP contribution in [0.1, 0.15) is 5.56 Å². The molecule has 0 fully saturated rings. The summed E-state index contributed by atoms with van der Waals surface area (Å²) >= 11 is 4.99. The minimum atomic E-state index is 0.673. The van der Waals surface area contributed by atoms with Crippen LogP contribution in [0, 0.1) is 0 Å². The predicted octanol–water partition coefficient (Wildman–Crippen LogP) is 1.35. The molecule has 0 aliphatic heterocycles. The Morgan fingerprint density at radius 3 is 2.33 bits per heavy atom. The summed E-state index contributed by atoms with van der Waals surface area (Å²) in [5.74, 6) is 0. The van der Waals surface area contributed by atoms with Crippen LogP contribution in [-0.2, 0) is 6.54 Å². The zero-order chi connectivity index (χ0) is 11.3. The number of hydrogen-bond donors (Lipinski definition) is 2. The van der Waals surface area contributed by atoms with E-state index in [9.17, 15) is 0 Å². The van der Waals surface area contributed by atoms with Crippen LogP contribution in [0.5, 0.6) is 0 Å². The summed E-state index contributed by atoms with van der Waals surface area (Å²) in [5.41, 5.74) is 2.42. The third kappa shape index (κ3) is 3.75. The highest BCUT2D eigenvalue weighted by molar-refractivity contribution is 7.80. The zero-order valence-corrected chi connectivity index (χ0v) is 10.2. The van der Waals surface area contributed by atoms with Crippen molar-refractivity contribution in [2.45, 2.75) is 6.54 Å². The number of hydrogen-bond acceptors (Lipinski definition) is 2. The van der Waals surface area contributed by atoms with Crippen molar-refractivity contribution in [2.24, 2.45) is 0 Å². The Morgan fingerprint density at radius 2 is 1.87 bits per heavy atom. The van der Waals surface area contributed by atoms with Gasteiger partial charge in [0, 0.05) is 33.4 Å². The van der Waals surface area contributed by atoms with Crippen molar-refractivity contribution in [1.82, 2.24) is 10.6 Å². The minimum absolute atomic E-state index is 0.673. The van der Waals surface area contributed by atoms with Crippen LogP contribution >= 0.6 is 12.2 Å². The quantitative estimate of drug-likeness (QED) is 0.756. The molecular formula is C11H17N3S. The van der Waals surface area contributed by atoms with Crippen LogP contribution in [-0.4, -0.2) is 26.3 Å². The highest BCUT2D eigenvalue weighted by Crippen LogP contribution is 2.11. The lowest BCUT2D eigenvalue weighted by molar-refractivity contribution is 0.890. The first-order valence-corrected chi connectivity index (χ1v) is 5.26. The zero-order valence-electron chi connectivity index (χ0n) is 9.37. The molecule has 0 radical (unpaired) electrons. The lowest BCUT2D eigenvalue weighted by atomic mass is 10.2. The maximum atomic E-state index is 4.99. The molecule has 1 rings (SSSR count). The van der Waals surface area contributed by atoms with E-state index in [2.05, 4.69) is 39.8 Å². The summed E-state index contributed by atoms with van der Waals surface area (Å²) in [4.78, 5) is 2.08. The van der Waals surface area contributed by atoms with Crippen LogP contribution < -0.4 is 15.5 Å². The van der Waals surface area contributed by atoms with Crippen LogP contribution in [0.4, 0.5) is 5.69 Å². The number of nitrogens with one attached hydrogen (secondary N) is 2. The summed E-state index contributed by atoms with van der Waals surface area (Å²) in [7, 11) is 5.87. The third-order valence-electron chi connectivity index (χ3n) is 2.13. The van der Waals surface area contributed by atoms with Gasteiger partial charge in [-0.2, -0.15) is 0 Å². The normalized spacial score (nSPS) is 9.53. The summed E-state index contributed by atoms with van der Waals surface area (Å²) in [5, 5.41) is 6.65. The fourth-order valence-electron chi connectivity index (χ4n) is 1.18. The topological polar surface area (TPSA) is 27.3 Å². The Morgan fingerprint density at radius 1 is 1.27 bits per heavy atom. The van der Waals surface area contributed by atoms with E-state index in [1.54, 1.807) is 0 Å². The molecule has 0 saturated carbocycles. The molecule has 0 amide bonds. The molecule has 0 spiro atoms. The van der Waals surface area contributed by atoms with Gasteiger partial charge in [-0.15, -0.1) is 0 Å². The molecule has 0 aliphatic carbocycles. The fraction of sp³-hybridized carbons (Fsp3) is 0.364. The number of rotatable bonds is 3. The molecular weight excluding hydrogens is 206 g/mol. The van der Waals surface area contributed by atoms with E-state index in [4.69, 9.17) is 12.2 Å². The first kappa shape index (κ1) is 11.8. The first-order valence-electron chi connectivity index (χ1n) is 4.85. The molecule has 0 atom stereocenters. The van der Waals surface area contributed by atoms with Crippen LogP contribution in [0.15, 0.2) is 24.3 Å². The van der Waals surface area contributed by atoms with Crippen molar-refractivity contribution in [3.63, 3.8) is 0 Å². The van der Waals surface area contributed by atoms with Gasteiger partial charge in [0.05, 0.1) is 0 Å². The van der Waals surface area contributed by atoms with Gasteiger partial charge in [-0.1, -0.05) is 12.1 Å². The highest BCUT2D eigenvalue weighted by Gasteiger charge is 1.96. The fourth-order valence-corrected chi connectivity index (χ4v) is 1.25. The molecule has 3 nitrogen and oxygen atoms in total. The molecule has 0 aliphatic rings. The Kier molecular flexibility index (Phi) is 4.37. The van der Waals surface area contributed by atoms with Crippen LogP contribution in [0.25, 0.3) is 0 Å². The molecule has 82 valence electrons. The number of nitrogens with zero attached hydrogens (tertiary/aromatic N) is 1. The molecule has 0 saturated heterocycles. The van der Waals surface area contributed by atoms with Crippen molar-refractivity contribution in [3.05, 3.63) is 29.8 Å². The Balaban J connectivity index is 2.53. The average Bonchev–Trinajstić information content (AvgIpc) is 2.26. The van der Waals surface area contributed by atoms with E-state index in [1.165, 1.54) is 11.3 Å². The van der Waals surface area contributed by atoms with Gasteiger partial charge in [0.25, 0.3) is 0 Å². The van der Waals surface area contributed by atoms with Gasteiger partial charge >= 0.3 is 0 Å². The van der Waals surface area contributed by atoms with E-state index < -0.39 is 0 Å². The predicted molar refractivity (Wildman–Crippen MR) is 69.3 cm³/mol. The van der Waals surface area contributed by atoms with Crippen molar-refractivity contribution in [3.8, 4) is 0 Å². The summed E-state index contributed by atoms with van der Waals surface area (Å²) in [6.45, 7) is 0.757. The highest BCUT2D eigenvalue weighted by atomic mass is 32.1. The van der Waals surface area contributed by atoms with Gasteiger partial charge in [-0.25, -0.2) is 0 Å². The van der Waals surface area contributed by atoms with Crippen molar-refractivity contribution in [1.29, 1.82) is 0 Å². The molecule has 0 aromatic heterocycles. The monoisotopic (exact) mass is 223 g/mol. The number of thiocarbonyl (C=S) groups is 1.